The van der Waals surface area contributed by atoms with Crippen molar-refractivity contribution in [3.05, 3.63) is 65.9 Å². The van der Waals surface area contributed by atoms with Crippen LogP contribution < -0.4 is 4.72 Å². The lowest BCUT2D eigenvalue weighted by molar-refractivity contribution is 0.316. The summed E-state index contributed by atoms with van der Waals surface area (Å²) in [6, 6.07) is 16.3. The number of benzene rings is 2. The van der Waals surface area contributed by atoms with E-state index < -0.39 is 10.0 Å². The second-order valence-corrected chi connectivity index (χ2v) is 9.28. The Hall–Kier alpha value is -2.31. The predicted molar refractivity (Wildman–Crippen MR) is 110 cm³/mol. The molecule has 2 aromatic carbocycles. The van der Waals surface area contributed by atoms with Crippen LogP contribution in [0, 0.1) is 5.92 Å². The van der Waals surface area contributed by atoms with Crippen molar-refractivity contribution in [2.24, 2.45) is 5.92 Å². The van der Waals surface area contributed by atoms with E-state index in [0.717, 1.165) is 37.0 Å². The molecule has 0 saturated carbocycles. The summed E-state index contributed by atoms with van der Waals surface area (Å²) >= 11 is 0. The molecule has 2 heterocycles. The van der Waals surface area contributed by atoms with E-state index in [9.17, 15) is 8.42 Å². The van der Waals surface area contributed by atoms with E-state index in [-0.39, 0.29) is 0 Å². The van der Waals surface area contributed by atoms with Gasteiger partial charge >= 0.3 is 0 Å². The van der Waals surface area contributed by atoms with Crippen molar-refractivity contribution in [3.8, 4) is 0 Å². The van der Waals surface area contributed by atoms with E-state index in [1.54, 1.807) is 6.07 Å². The monoisotopic (exact) mass is 383 g/mol. The van der Waals surface area contributed by atoms with E-state index in [2.05, 4.69) is 51.1 Å². The Morgan fingerprint density at radius 1 is 1.19 bits per heavy atom. The summed E-state index contributed by atoms with van der Waals surface area (Å²) in [5, 5.41) is 1.10. The molecular formula is C21H25N3O2S. The van der Waals surface area contributed by atoms with Crippen LogP contribution in [0.2, 0.25) is 0 Å². The Balaban J connectivity index is 1.45. The van der Waals surface area contributed by atoms with Gasteiger partial charge in [-0.25, -0.2) is 8.42 Å². The number of sulfonamides is 1. The van der Waals surface area contributed by atoms with Crippen LogP contribution >= 0.6 is 0 Å². The topological polar surface area (TPSA) is 65.2 Å². The van der Waals surface area contributed by atoms with Crippen molar-refractivity contribution in [2.45, 2.75) is 19.4 Å². The van der Waals surface area contributed by atoms with Crippen LogP contribution in [0.1, 0.15) is 17.5 Å². The van der Waals surface area contributed by atoms with Gasteiger partial charge in [0.1, 0.15) is 0 Å². The van der Waals surface area contributed by atoms with Gasteiger partial charge in [0.15, 0.2) is 0 Å². The molecule has 1 fully saturated rings. The van der Waals surface area contributed by atoms with E-state index in [0.29, 0.717) is 11.6 Å². The van der Waals surface area contributed by atoms with E-state index in [4.69, 9.17) is 0 Å². The summed E-state index contributed by atoms with van der Waals surface area (Å²) in [5.41, 5.74) is 4.28. The fraction of sp³-hybridized carbons (Fsp3) is 0.333. The van der Waals surface area contributed by atoms with Crippen molar-refractivity contribution >= 4 is 26.6 Å². The summed E-state index contributed by atoms with van der Waals surface area (Å²) < 4.78 is 25.6. The number of nitrogens with one attached hydrogen (secondary N) is 2. The molecule has 0 bridgehead atoms. The van der Waals surface area contributed by atoms with Crippen molar-refractivity contribution in [2.75, 3.05) is 24.1 Å². The Bertz CT molecular complexity index is 1030. The SMILES string of the molecule is CS(=O)(=O)Nc1ccc2[nH]cc(CC3CCN(Cc4ccccc4)C3)c2c1. The third-order valence-corrected chi connectivity index (χ3v) is 5.80. The normalized spacial score (nSPS) is 18.2. The highest BCUT2D eigenvalue weighted by atomic mass is 32.2. The summed E-state index contributed by atoms with van der Waals surface area (Å²) in [5.74, 6) is 0.624. The Morgan fingerprint density at radius 3 is 2.78 bits per heavy atom. The van der Waals surface area contributed by atoms with E-state index in [1.807, 2.05) is 12.1 Å². The number of likely N-dealkylation sites (tertiary alicyclic amines) is 1. The molecule has 5 nitrogen and oxygen atoms in total. The Kier molecular flexibility index (Phi) is 4.93. The largest absolute Gasteiger partial charge is 0.361 e. The van der Waals surface area contributed by atoms with Crippen molar-refractivity contribution in [1.29, 1.82) is 0 Å². The van der Waals surface area contributed by atoms with Gasteiger partial charge in [0.2, 0.25) is 10.0 Å². The summed E-state index contributed by atoms with van der Waals surface area (Å²) in [4.78, 5) is 5.83. The molecule has 1 saturated heterocycles. The first kappa shape index (κ1) is 18.1. The molecule has 1 atom stereocenters. The third-order valence-electron chi connectivity index (χ3n) is 5.20. The highest BCUT2D eigenvalue weighted by molar-refractivity contribution is 7.92. The highest BCUT2D eigenvalue weighted by Crippen LogP contribution is 2.28. The molecule has 1 unspecified atom stereocenters. The Labute approximate surface area is 160 Å². The smallest absolute Gasteiger partial charge is 0.229 e. The average molecular weight is 384 g/mol. The van der Waals surface area contributed by atoms with Crippen molar-refractivity contribution in [1.82, 2.24) is 9.88 Å². The standard InChI is InChI=1S/C21H25N3O2S/c1-27(25,26)23-19-7-8-21-20(12-19)18(13-22-21)11-17-9-10-24(15-17)14-16-5-3-2-4-6-16/h2-8,12-13,17,22-23H,9-11,14-15H2,1H3. The zero-order valence-electron chi connectivity index (χ0n) is 15.5. The van der Waals surface area contributed by atoms with Gasteiger partial charge in [0.05, 0.1) is 6.26 Å². The van der Waals surface area contributed by atoms with Crippen LogP contribution in [-0.2, 0) is 23.0 Å². The molecule has 2 N–H and O–H groups in total. The highest BCUT2D eigenvalue weighted by Gasteiger charge is 2.23. The van der Waals surface area contributed by atoms with Crippen molar-refractivity contribution in [3.63, 3.8) is 0 Å². The maximum atomic E-state index is 11.5. The number of nitrogens with zero attached hydrogens (tertiary/aromatic N) is 1. The van der Waals surface area contributed by atoms with Gasteiger partial charge in [0.25, 0.3) is 0 Å². The van der Waals surface area contributed by atoms with Crippen LogP contribution in [0.5, 0.6) is 0 Å². The first-order valence-corrected chi connectivity index (χ1v) is 11.2. The van der Waals surface area contributed by atoms with Gasteiger partial charge in [-0.2, -0.15) is 0 Å². The number of anilines is 1. The first-order chi connectivity index (χ1) is 13.0. The third kappa shape index (κ3) is 4.51. The van der Waals surface area contributed by atoms with Crippen molar-refractivity contribution < 1.29 is 8.42 Å². The zero-order chi connectivity index (χ0) is 18.9. The number of rotatable bonds is 6. The summed E-state index contributed by atoms with van der Waals surface area (Å²) in [6.07, 6.45) is 5.44. The van der Waals surface area contributed by atoms with Crippen LogP contribution in [-0.4, -0.2) is 37.6 Å². The summed E-state index contributed by atoms with van der Waals surface area (Å²) in [7, 11) is -3.27. The molecule has 27 heavy (non-hydrogen) atoms. The maximum absolute atomic E-state index is 11.5. The number of aromatic nitrogens is 1. The van der Waals surface area contributed by atoms with E-state index in [1.165, 1.54) is 23.8 Å². The fourth-order valence-corrected chi connectivity index (χ4v) is 4.56. The number of fused-ring (bicyclic) bond motifs is 1. The minimum Gasteiger partial charge on any atom is -0.361 e. The summed E-state index contributed by atoms with van der Waals surface area (Å²) in [6.45, 7) is 3.24. The van der Waals surface area contributed by atoms with Gasteiger partial charge in [-0.3, -0.25) is 9.62 Å². The van der Waals surface area contributed by atoms with Gasteiger partial charge in [-0.05, 0) is 54.6 Å². The lowest BCUT2D eigenvalue weighted by Crippen LogP contribution is -2.20. The van der Waals surface area contributed by atoms with E-state index >= 15 is 0 Å². The molecule has 0 aliphatic carbocycles. The molecule has 3 aromatic rings. The second-order valence-electron chi connectivity index (χ2n) is 7.53. The van der Waals surface area contributed by atoms with Gasteiger partial charge in [-0.1, -0.05) is 30.3 Å². The molecule has 1 aliphatic heterocycles. The first-order valence-electron chi connectivity index (χ1n) is 9.30. The van der Waals surface area contributed by atoms with Crippen LogP contribution in [0.4, 0.5) is 5.69 Å². The van der Waals surface area contributed by atoms with Crippen LogP contribution in [0.15, 0.2) is 54.7 Å². The average Bonchev–Trinajstić information content (AvgIpc) is 3.22. The molecule has 1 aromatic heterocycles. The quantitative estimate of drug-likeness (QED) is 0.683. The zero-order valence-corrected chi connectivity index (χ0v) is 16.3. The van der Waals surface area contributed by atoms with Gasteiger partial charge in [-0.15, -0.1) is 0 Å². The molecule has 4 rings (SSSR count). The number of H-pyrrole nitrogens is 1. The molecule has 0 radical (unpaired) electrons. The predicted octanol–water partition coefficient (Wildman–Crippen LogP) is 3.60. The van der Waals surface area contributed by atoms with Gasteiger partial charge in [0, 0.05) is 35.9 Å². The number of hydrogen-bond acceptors (Lipinski definition) is 3. The molecule has 1 aliphatic rings. The number of aromatic amines is 1. The molecule has 6 heteroatoms. The van der Waals surface area contributed by atoms with Gasteiger partial charge < -0.3 is 4.98 Å². The number of hydrogen-bond donors (Lipinski definition) is 2. The molecular weight excluding hydrogens is 358 g/mol. The molecule has 0 amide bonds. The lowest BCUT2D eigenvalue weighted by atomic mass is 9.98. The van der Waals surface area contributed by atoms with Crippen LogP contribution in [0.25, 0.3) is 10.9 Å². The molecule has 0 spiro atoms. The second kappa shape index (κ2) is 7.37. The minimum absolute atomic E-state index is 0.614. The Morgan fingerprint density at radius 2 is 2.00 bits per heavy atom. The minimum atomic E-state index is -3.27. The lowest BCUT2D eigenvalue weighted by Gasteiger charge is -2.16. The molecule has 142 valence electrons. The maximum Gasteiger partial charge on any atom is 0.229 e. The van der Waals surface area contributed by atoms with Crippen LogP contribution in [0.3, 0.4) is 0 Å². The fourth-order valence-electron chi connectivity index (χ4n) is 4.00.